The predicted molar refractivity (Wildman–Crippen MR) is 231 cm³/mol. The molecule has 0 saturated carbocycles. The van der Waals surface area contributed by atoms with Crippen molar-refractivity contribution < 1.29 is 0 Å². The van der Waals surface area contributed by atoms with Gasteiger partial charge in [0.1, 0.15) is 0 Å². The quantitative estimate of drug-likeness (QED) is 0.178. The number of hydrogen-bond acceptors (Lipinski definition) is 3. The zero-order chi connectivity index (χ0) is 36.7. The van der Waals surface area contributed by atoms with Crippen LogP contribution in [0.1, 0.15) is 0 Å². The number of fused-ring (bicyclic) bond motifs is 6. The molecular weight excluding hydrogens is 683 g/mol. The topological polar surface area (TPSA) is 48.0 Å². The lowest BCUT2D eigenvalue weighted by Gasteiger charge is -2.12. The van der Waals surface area contributed by atoms with Crippen molar-refractivity contribution in [2.75, 3.05) is 0 Å². The molecule has 0 aliphatic rings. The lowest BCUT2D eigenvalue weighted by Crippen LogP contribution is -2.00. The van der Waals surface area contributed by atoms with Crippen molar-refractivity contribution in [3.05, 3.63) is 188 Å². The average Bonchev–Trinajstić information content (AvgIpc) is 3.75. The molecule has 0 N–H and O–H groups in total. The van der Waals surface area contributed by atoms with Gasteiger partial charge in [-0.15, -0.1) is 0 Å². The first-order valence-electron chi connectivity index (χ1n) is 19.0. The molecule has 0 unspecified atom stereocenters. The Bertz CT molecular complexity index is 3380. The van der Waals surface area contributed by atoms with E-state index in [-0.39, 0.29) is 0 Å². The number of benzene rings is 8. The lowest BCUT2D eigenvalue weighted by molar-refractivity contribution is 1.07. The molecule has 0 fully saturated rings. The van der Waals surface area contributed by atoms with Crippen LogP contribution in [0.5, 0.6) is 0 Å². The summed E-state index contributed by atoms with van der Waals surface area (Å²) in [5.74, 6) is 1.93. The van der Waals surface area contributed by atoms with Gasteiger partial charge in [0.2, 0.25) is 0 Å². The van der Waals surface area contributed by atoms with Crippen LogP contribution in [0.2, 0.25) is 0 Å². The zero-order valence-corrected chi connectivity index (χ0v) is 30.1. The summed E-state index contributed by atoms with van der Waals surface area (Å²) < 4.78 is 4.94. The van der Waals surface area contributed by atoms with Crippen molar-refractivity contribution >= 4 is 59.9 Å². The molecule has 4 heterocycles. The third-order valence-corrected chi connectivity index (χ3v) is 11.3. The van der Waals surface area contributed by atoms with E-state index in [9.17, 15) is 0 Å². The monoisotopic (exact) mass is 713 g/mol. The molecule has 12 aromatic rings. The van der Waals surface area contributed by atoms with Crippen LogP contribution in [-0.2, 0) is 0 Å². The summed E-state index contributed by atoms with van der Waals surface area (Å²) >= 11 is 0. The van der Waals surface area contributed by atoms with Crippen LogP contribution in [0.15, 0.2) is 188 Å². The summed E-state index contributed by atoms with van der Waals surface area (Å²) in [4.78, 5) is 14.9. The first kappa shape index (κ1) is 30.8. The van der Waals surface area contributed by atoms with E-state index in [4.69, 9.17) is 15.0 Å². The highest BCUT2D eigenvalue weighted by Crippen LogP contribution is 2.46. The molecule has 56 heavy (non-hydrogen) atoms. The van der Waals surface area contributed by atoms with Crippen molar-refractivity contribution in [2.24, 2.45) is 0 Å². The second-order valence-electron chi connectivity index (χ2n) is 14.4. The average molecular weight is 714 g/mol. The molecular formula is C51H31N5. The molecule has 0 atom stereocenters. The number of aromatic nitrogens is 5. The number of para-hydroxylation sites is 2. The minimum Gasteiger partial charge on any atom is -0.309 e. The first-order chi connectivity index (χ1) is 27.8. The molecule has 12 rings (SSSR count). The summed E-state index contributed by atoms with van der Waals surface area (Å²) in [6, 6.07) is 66.8. The van der Waals surface area contributed by atoms with Crippen molar-refractivity contribution in [2.45, 2.75) is 0 Å². The first-order valence-corrected chi connectivity index (χ1v) is 19.0. The minimum absolute atomic E-state index is 0.636. The van der Waals surface area contributed by atoms with Gasteiger partial charge < -0.3 is 8.97 Å². The van der Waals surface area contributed by atoms with E-state index in [1.165, 1.54) is 71.0 Å². The largest absolute Gasteiger partial charge is 0.309 e. The van der Waals surface area contributed by atoms with Gasteiger partial charge in [0, 0.05) is 49.3 Å². The maximum atomic E-state index is 5.01. The Kier molecular flexibility index (Phi) is 6.56. The molecule has 0 aliphatic carbocycles. The second kappa shape index (κ2) is 11.9. The Balaban J connectivity index is 1.14. The van der Waals surface area contributed by atoms with Crippen molar-refractivity contribution in [3.8, 4) is 51.0 Å². The summed E-state index contributed by atoms with van der Waals surface area (Å²) in [6.45, 7) is 0. The van der Waals surface area contributed by atoms with Crippen LogP contribution < -0.4 is 0 Å². The second-order valence-corrected chi connectivity index (χ2v) is 14.4. The maximum Gasteiger partial charge on any atom is 0.164 e. The van der Waals surface area contributed by atoms with Crippen LogP contribution in [0.3, 0.4) is 0 Å². The minimum atomic E-state index is 0.636. The van der Waals surface area contributed by atoms with Crippen LogP contribution in [0.4, 0.5) is 0 Å². The standard InChI is InChI=1S/C51H31N5/c1-4-14-32(15-5-1)36-30-41-39-21-11-13-23-43(39)56-42-22-12-10-20-38(42)40-28-29-44-47(48(40)56)46(41)45(31-36)55(44)37-26-24-35(25-27-37)51-53-49(33-16-6-2-7-17-33)52-50(54-51)34-18-8-3-9-19-34/h1-31H. The number of nitrogens with zero attached hydrogens (tertiary/aromatic N) is 5. The third kappa shape index (κ3) is 4.52. The van der Waals surface area contributed by atoms with Crippen molar-refractivity contribution in [1.29, 1.82) is 0 Å². The smallest absolute Gasteiger partial charge is 0.164 e. The predicted octanol–water partition coefficient (Wildman–Crippen LogP) is 12.8. The summed E-state index contributed by atoms with van der Waals surface area (Å²) in [5.41, 5.74) is 12.3. The fourth-order valence-electron chi connectivity index (χ4n) is 8.81. The normalized spacial score (nSPS) is 11.9. The van der Waals surface area contributed by atoms with Gasteiger partial charge in [0.05, 0.1) is 27.6 Å². The summed E-state index contributed by atoms with van der Waals surface area (Å²) in [5, 5.41) is 7.51. The molecule has 0 radical (unpaired) electrons. The van der Waals surface area contributed by atoms with Crippen LogP contribution in [-0.4, -0.2) is 23.9 Å². The Morgan fingerprint density at radius 3 is 1.39 bits per heavy atom. The van der Waals surface area contributed by atoms with Gasteiger partial charge in [-0.2, -0.15) is 0 Å². The lowest BCUT2D eigenvalue weighted by atomic mass is 9.98. The Labute approximate surface area is 321 Å². The SMILES string of the molecule is c1ccc(-c2cc3c4ccccc4n4c5ccccc5c5ccc6c(c3c(c2)n6-c2ccc(-c3nc(-c6ccccc6)nc(-c6ccccc6)n3)cc2)c54)cc1. The number of hydrogen-bond donors (Lipinski definition) is 0. The Morgan fingerprint density at radius 2 is 0.804 bits per heavy atom. The van der Waals surface area contributed by atoms with Crippen LogP contribution in [0.25, 0.3) is 111 Å². The fourth-order valence-corrected chi connectivity index (χ4v) is 8.81. The van der Waals surface area contributed by atoms with E-state index >= 15 is 0 Å². The molecule has 0 aliphatic heterocycles. The van der Waals surface area contributed by atoms with Crippen molar-refractivity contribution in [1.82, 2.24) is 23.9 Å². The van der Waals surface area contributed by atoms with Gasteiger partial charge in [0.25, 0.3) is 0 Å². The third-order valence-electron chi connectivity index (χ3n) is 11.3. The van der Waals surface area contributed by atoms with E-state index in [1.54, 1.807) is 0 Å². The van der Waals surface area contributed by atoms with Gasteiger partial charge in [-0.05, 0) is 71.1 Å². The molecule has 0 spiro atoms. The molecule has 0 saturated heterocycles. The highest BCUT2D eigenvalue weighted by Gasteiger charge is 2.24. The zero-order valence-electron chi connectivity index (χ0n) is 30.1. The van der Waals surface area contributed by atoms with Crippen LogP contribution >= 0.6 is 0 Å². The van der Waals surface area contributed by atoms with E-state index < -0.39 is 0 Å². The molecule has 0 bridgehead atoms. The highest BCUT2D eigenvalue weighted by molar-refractivity contribution is 6.33. The summed E-state index contributed by atoms with van der Waals surface area (Å²) in [7, 11) is 0. The Hall–Kier alpha value is -7.63. The van der Waals surface area contributed by atoms with Crippen molar-refractivity contribution in [3.63, 3.8) is 0 Å². The molecule has 260 valence electrons. The maximum absolute atomic E-state index is 5.01. The molecule has 0 amide bonds. The van der Waals surface area contributed by atoms with E-state index in [0.29, 0.717) is 17.5 Å². The van der Waals surface area contributed by atoms with E-state index in [2.05, 4.69) is 136 Å². The fraction of sp³-hybridized carbons (Fsp3) is 0. The highest BCUT2D eigenvalue weighted by atomic mass is 15.0. The van der Waals surface area contributed by atoms with Gasteiger partial charge in [0.15, 0.2) is 17.5 Å². The summed E-state index contributed by atoms with van der Waals surface area (Å²) in [6.07, 6.45) is 0. The van der Waals surface area contributed by atoms with Gasteiger partial charge in [-0.3, -0.25) is 0 Å². The van der Waals surface area contributed by atoms with Gasteiger partial charge in [-0.1, -0.05) is 133 Å². The van der Waals surface area contributed by atoms with E-state index in [0.717, 1.165) is 22.4 Å². The van der Waals surface area contributed by atoms with Gasteiger partial charge >= 0.3 is 0 Å². The Morgan fingerprint density at radius 1 is 0.304 bits per heavy atom. The molecule has 5 nitrogen and oxygen atoms in total. The van der Waals surface area contributed by atoms with E-state index in [1.807, 2.05) is 60.7 Å². The molecule has 8 aromatic carbocycles. The van der Waals surface area contributed by atoms with Crippen LogP contribution in [0, 0.1) is 0 Å². The molecule has 5 heteroatoms. The number of rotatable bonds is 5. The van der Waals surface area contributed by atoms with Gasteiger partial charge in [-0.25, -0.2) is 15.0 Å². The molecule has 4 aromatic heterocycles.